The van der Waals surface area contributed by atoms with Crippen LogP contribution in [0.1, 0.15) is 30.4 Å². The first-order valence-electron chi connectivity index (χ1n) is 5.70. The number of nitrogens with zero attached hydrogens (tertiary/aromatic N) is 1. The van der Waals surface area contributed by atoms with Gasteiger partial charge in [-0.05, 0) is 36.6 Å². The molecule has 0 saturated heterocycles. The second kappa shape index (κ2) is 5.14. The minimum Gasteiger partial charge on any atom is -0.409 e. The molecule has 0 radical (unpaired) electrons. The highest BCUT2D eigenvalue weighted by Gasteiger charge is 2.16. The van der Waals surface area contributed by atoms with E-state index >= 15 is 0 Å². The molecule has 0 aromatic heterocycles. The highest BCUT2D eigenvalue weighted by Crippen LogP contribution is 2.19. The molecular weight excluding hydrogens is 221 g/mol. The number of nitrogens with one attached hydrogen (secondary N) is 1. The summed E-state index contributed by atoms with van der Waals surface area (Å²) in [7, 11) is 0. The van der Waals surface area contributed by atoms with E-state index < -0.39 is 0 Å². The second-order valence-electron chi connectivity index (χ2n) is 4.34. The molecule has 17 heavy (non-hydrogen) atoms. The first kappa shape index (κ1) is 11.9. The highest BCUT2D eigenvalue weighted by molar-refractivity contribution is 5.97. The number of hydrogen-bond donors (Lipinski definition) is 3. The first-order chi connectivity index (χ1) is 8.19. The molecule has 0 bridgehead atoms. The van der Waals surface area contributed by atoms with Crippen molar-refractivity contribution in [2.24, 2.45) is 10.9 Å². The molecule has 0 amide bonds. The molecule has 1 aromatic carbocycles. The summed E-state index contributed by atoms with van der Waals surface area (Å²) in [6.07, 6.45) is 3.63. The number of nitrogens with two attached hydrogens (primary N) is 1. The Labute approximate surface area is 99.3 Å². The predicted molar refractivity (Wildman–Crippen MR) is 63.4 cm³/mol. The normalized spacial score (nSPS) is 16.9. The van der Waals surface area contributed by atoms with Crippen molar-refractivity contribution in [2.75, 3.05) is 0 Å². The molecule has 4 N–H and O–H groups in total. The average molecular weight is 237 g/mol. The maximum absolute atomic E-state index is 13.3. The Morgan fingerprint density at radius 2 is 2.24 bits per heavy atom. The fourth-order valence-electron chi connectivity index (χ4n) is 1.83. The molecule has 1 saturated carbocycles. The van der Waals surface area contributed by atoms with E-state index in [1.807, 2.05) is 0 Å². The van der Waals surface area contributed by atoms with Crippen LogP contribution < -0.4 is 11.1 Å². The Morgan fingerprint density at radius 3 is 2.82 bits per heavy atom. The lowest BCUT2D eigenvalue weighted by Gasteiger charge is -2.26. The van der Waals surface area contributed by atoms with Crippen LogP contribution in [0.2, 0.25) is 0 Å². The van der Waals surface area contributed by atoms with E-state index in [0.29, 0.717) is 18.2 Å². The van der Waals surface area contributed by atoms with Gasteiger partial charge in [-0.15, -0.1) is 0 Å². The minimum absolute atomic E-state index is 0.0746. The fraction of sp³-hybridized carbons (Fsp3) is 0.417. The zero-order valence-electron chi connectivity index (χ0n) is 9.49. The third kappa shape index (κ3) is 2.94. The molecule has 4 nitrogen and oxygen atoms in total. The summed E-state index contributed by atoms with van der Waals surface area (Å²) < 4.78 is 13.3. The van der Waals surface area contributed by atoms with Crippen molar-refractivity contribution >= 4 is 5.84 Å². The molecule has 0 unspecified atom stereocenters. The van der Waals surface area contributed by atoms with Crippen LogP contribution in [0.4, 0.5) is 4.39 Å². The topological polar surface area (TPSA) is 70.6 Å². The minimum atomic E-state index is -0.375. The summed E-state index contributed by atoms with van der Waals surface area (Å²) in [5, 5.41) is 14.8. The van der Waals surface area contributed by atoms with Crippen molar-refractivity contribution in [3.63, 3.8) is 0 Å². The maximum atomic E-state index is 13.3. The highest BCUT2D eigenvalue weighted by atomic mass is 19.1. The van der Waals surface area contributed by atoms with E-state index in [0.717, 1.165) is 5.56 Å². The molecule has 2 rings (SSSR count). The summed E-state index contributed by atoms with van der Waals surface area (Å²) in [5.74, 6) is -0.450. The van der Waals surface area contributed by atoms with Crippen molar-refractivity contribution in [3.05, 3.63) is 35.1 Å². The molecule has 0 atom stereocenters. The van der Waals surface area contributed by atoms with Crippen molar-refractivity contribution in [2.45, 2.75) is 31.8 Å². The molecule has 5 heteroatoms. The van der Waals surface area contributed by atoms with Crippen molar-refractivity contribution in [1.29, 1.82) is 0 Å². The number of rotatable bonds is 4. The van der Waals surface area contributed by atoms with Gasteiger partial charge in [0.1, 0.15) is 5.82 Å². The predicted octanol–water partition coefficient (Wildman–Crippen LogP) is 1.56. The number of amidine groups is 1. The lowest BCUT2D eigenvalue weighted by molar-refractivity contribution is 0.318. The molecule has 0 spiro atoms. The van der Waals surface area contributed by atoms with Gasteiger partial charge in [-0.3, -0.25) is 0 Å². The summed E-state index contributed by atoms with van der Waals surface area (Å²) in [6, 6.07) is 4.98. The van der Waals surface area contributed by atoms with Crippen LogP contribution in [0.25, 0.3) is 0 Å². The van der Waals surface area contributed by atoms with E-state index in [-0.39, 0.29) is 11.7 Å². The van der Waals surface area contributed by atoms with Crippen molar-refractivity contribution in [1.82, 2.24) is 5.32 Å². The molecule has 1 aromatic rings. The standard InChI is InChI=1S/C12H16FN3O/c13-10-5-8(7-15-11-2-1-3-11)4-9(6-10)12(14)16-17/h4-6,11,15,17H,1-3,7H2,(H2,14,16). The first-order valence-corrected chi connectivity index (χ1v) is 5.70. The Balaban J connectivity index is 2.07. The van der Waals surface area contributed by atoms with Gasteiger partial charge in [-0.1, -0.05) is 11.6 Å². The molecule has 1 fully saturated rings. The van der Waals surface area contributed by atoms with Crippen molar-refractivity contribution < 1.29 is 9.60 Å². The van der Waals surface area contributed by atoms with Crippen LogP contribution in [-0.4, -0.2) is 17.1 Å². The summed E-state index contributed by atoms with van der Waals surface area (Å²) >= 11 is 0. The van der Waals surface area contributed by atoms with Gasteiger partial charge in [-0.25, -0.2) is 4.39 Å². The van der Waals surface area contributed by atoms with Crippen LogP contribution in [0.5, 0.6) is 0 Å². The zero-order chi connectivity index (χ0) is 12.3. The molecule has 1 aliphatic rings. The quantitative estimate of drug-likeness (QED) is 0.322. The monoisotopic (exact) mass is 237 g/mol. The summed E-state index contributed by atoms with van der Waals surface area (Å²) in [5.41, 5.74) is 6.64. The lowest BCUT2D eigenvalue weighted by Crippen LogP contribution is -2.34. The van der Waals surface area contributed by atoms with Gasteiger partial charge in [0.2, 0.25) is 0 Å². The Bertz CT molecular complexity index is 430. The van der Waals surface area contributed by atoms with E-state index in [2.05, 4.69) is 10.5 Å². The number of oxime groups is 1. The molecule has 92 valence electrons. The molecular formula is C12H16FN3O. The average Bonchev–Trinajstić information content (AvgIpc) is 2.25. The number of halogens is 1. The van der Waals surface area contributed by atoms with Gasteiger partial charge < -0.3 is 16.3 Å². The van der Waals surface area contributed by atoms with E-state index in [9.17, 15) is 4.39 Å². The van der Waals surface area contributed by atoms with Crippen molar-refractivity contribution in [3.8, 4) is 0 Å². The van der Waals surface area contributed by atoms with Gasteiger partial charge in [0.05, 0.1) is 0 Å². The Kier molecular flexibility index (Phi) is 3.58. The third-order valence-electron chi connectivity index (χ3n) is 3.06. The van der Waals surface area contributed by atoms with E-state index in [4.69, 9.17) is 10.9 Å². The Hall–Kier alpha value is -1.62. The van der Waals surface area contributed by atoms with Crippen LogP contribution >= 0.6 is 0 Å². The third-order valence-corrected chi connectivity index (χ3v) is 3.06. The zero-order valence-corrected chi connectivity index (χ0v) is 9.49. The van der Waals surface area contributed by atoms with E-state index in [1.165, 1.54) is 31.4 Å². The largest absolute Gasteiger partial charge is 0.409 e. The summed E-state index contributed by atoms with van der Waals surface area (Å²) in [6.45, 7) is 0.605. The van der Waals surface area contributed by atoms with Gasteiger partial charge in [-0.2, -0.15) is 0 Å². The molecule has 0 heterocycles. The van der Waals surface area contributed by atoms with Crippen LogP contribution in [0, 0.1) is 5.82 Å². The lowest BCUT2D eigenvalue weighted by atomic mass is 9.93. The summed E-state index contributed by atoms with van der Waals surface area (Å²) in [4.78, 5) is 0. The van der Waals surface area contributed by atoms with Gasteiger partial charge in [0.25, 0.3) is 0 Å². The number of benzene rings is 1. The molecule has 1 aliphatic carbocycles. The Morgan fingerprint density at radius 1 is 1.47 bits per heavy atom. The van der Waals surface area contributed by atoms with Gasteiger partial charge in [0, 0.05) is 18.2 Å². The van der Waals surface area contributed by atoms with Crippen LogP contribution in [0.3, 0.4) is 0 Å². The molecule has 0 aliphatic heterocycles. The van der Waals surface area contributed by atoms with Crippen LogP contribution in [0.15, 0.2) is 23.4 Å². The van der Waals surface area contributed by atoms with Crippen LogP contribution in [-0.2, 0) is 6.54 Å². The maximum Gasteiger partial charge on any atom is 0.170 e. The van der Waals surface area contributed by atoms with E-state index in [1.54, 1.807) is 6.07 Å². The number of hydrogen-bond acceptors (Lipinski definition) is 3. The smallest absolute Gasteiger partial charge is 0.170 e. The van der Waals surface area contributed by atoms with Gasteiger partial charge >= 0.3 is 0 Å². The van der Waals surface area contributed by atoms with Gasteiger partial charge in [0.15, 0.2) is 5.84 Å². The fourth-order valence-corrected chi connectivity index (χ4v) is 1.83. The SMILES string of the molecule is N/C(=N/O)c1cc(F)cc(CNC2CCC2)c1. The second-order valence-corrected chi connectivity index (χ2v) is 4.34.